The summed E-state index contributed by atoms with van der Waals surface area (Å²) in [7, 11) is 0. The average Bonchev–Trinajstić information content (AvgIpc) is 2.96. The average molecular weight is 334 g/mol. The van der Waals surface area contributed by atoms with Crippen LogP contribution in [0, 0.1) is 0 Å². The second-order valence-corrected chi connectivity index (χ2v) is 6.19. The normalized spacial score (nSPS) is 15.8. The molecule has 1 aliphatic rings. The highest BCUT2D eigenvalue weighted by molar-refractivity contribution is 6.33. The Hall–Kier alpha value is -1.95. The second kappa shape index (κ2) is 7.08. The summed E-state index contributed by atoms with van der Waals surface area (Å²) in [4.78, 5) is 22.9. The van der Waals surface area contributed by atoms with Crippen molar-refractivity contribution in [3.8, 4) is 0 Å². The van der Waals surface area contributed by atoms with Crippen molar-refractivity contribution < 1.29 is 4.79 Å². The lowest BCUT2D eigenvalue weighted by atomic mass is 9.93. The lowest BCUT2D eigenvalue weighted by molar-refractivity contribution is 0.0705. The van der Waals surface area contributed by atoms with Crippen molar-refractivity contribution in [2.45, 2.75) is 38.6 Å². The quantitative estimate of drug-likeness (QED) is 0.863. The molecule has 1 amide bonds. The molecular weight excluding hydrogens is 314 g/mol. The number of piperidine rings is 1. The Kier molecular flexibility index (Phi) is 4.91. The number of nitrogens with zero attached hydrogens (tertiary/aromatic N) is 5. The van der Waals surface area contributed by atoms with Gasteiger partial charge in [0.2, 0.25) is 0 Å². The van der Waals surface area contributed by atoms with Crippen molar-refractivity contribution in [3.63, 3.8) is 0 Å². The zero-order chi connectivity index (χ0) is 16.2. The van der Waals surface area contributed by atoms with Crippen molar-refractivity contribution in [2.75, 3.05) is 13.1 Å². The molecular formula is C16H20ClN5O. The van der Waals surface area contributed by atoms with Crippen molar-refractivity contribution in [1.29, 1.82) is 0 Å². The van der Waals surface area contributed by atoms with E-state index in [1.54, 1.807) is 23.3 Å². The molecule has 0 atom stereocenters. The first-order chi connectivity index (χ1) is 11.2. The van der Waals surface area contributed by atoms with E-state index in [1.165, 1.54) is 0 Å². The summed E-state index contributed by atoms with van der Waals surface area (Å²) < 4.78 is 1.74. The van der Waals surface area contributed by atoms with Crippen LogP contribution >= 0.6 is 11.6 Å². The summed E-state index contributed by atoms with van der Waals surface area (Å²) in [5, 5.41) is 4.75. The third-order valence-electron chi connectivity index (χ3n) is 4.16. The minimum atomic E-state index is -0.0811. The van der Waals surface area contributed by atoms with Gasteiger partial charge in [-0.05, 0) is 19.3 Å². The van der Waals surface area contributed by atoms with E-state index in [-0.39, 0.29) is 5.91 Å². The van der Waals surface area contributed by atoms with E-state index in [1.807, 2.05) is 11.1 Å². The maximum atomic E-state index is 12.6. The maximum Gasteiger partial charge on any atom is 0.275 e. The summed E-state index contributed by atoms with van der Waals surface area (Å²) in [5.74, 6) is 0.281. The number of carbonyl (C=O) groups excluding carboxylic acids is 1. The summed E-state index contributed by atoms with van der Waals surface area (Å²) >= 11 is 6.17. The molecule has 7 heteroatoms. The van der Waals surface area contributed by atoms with Crippen LogP contribution in [0.5, 0.6) is 0 Å². The van der Waals surface area contributed by atoms with Gasteiger partial charge in [-0.3, -0.25) is 19.4 Å². The highest BCUT2D eigenvalue weighted by atomic mass is 35.5. The molecule has 0 N–H and O–H groups in total. The molecule has 1 saturated heterocycles. The number of halogens is 1. The molecule has 0 aromatic carbocycles. The van der Waals surface area contributed by atoms with Crippen LogP contribution in [0.4, 0.5) is 0 Å². The molecule has 1 aliphatic heterocycles. The SMILES string of the molecule is CCCn1cc(Cl)c(C(=O)N2CCC(c3cnccn3)CC2)n1. The van der Waals surface area contributed by atoms with Crippen LogP contribution in [0.15, 0.2) is 24.8 Å². The Bertz CT molecular complexity index is 664. The molecule has 3 rings (SSSR count). The molecule has 0 unspecified atom stereocenters. The topological polar surface area (TPSA) is 63.9 Å². The number of likely N-dealkylation sites (tertiary alicyclic amines) is 1. The molecule has 0 spiro atoms. The van der Waals surface area contributed by atoms with Crippen molar-refractivity contribution in [1.82, 2.24) is 24.6 Å². The third-order valence-corrected chi connectivity index (χ3v) is 4.43. The number of carbonyl (C=O) groups is 1. The highest BCUT2D eigenvalue weighted by Crippen LogP contribution is 2.27. The minimum absolute atomic E-state index is 0.0811. The largest absolute Gasteiger partial charge is 0.337 e. The standard InChI is InChI=1S/C16H20ClN5O/c1-2-7-22-11-13(17)15(20-22)16(23)21-8-3-12(4-9-21)14-10-18-5-6-19-14/h5-6,10-12H,2-4,7-9H2,1H3. The Morgan fingerprint density at radius 2 is 2.13 bits per heavy atom. The summed E-state index contributed by atoms with van der Waals surface area (Å²) in [5.41, 5.74) is 1.36. The number of aromatic nitrogens is 4. The van der Waals surface area contributed by atoms with Crippen LogP contribution in [0.2, 0.25) is 5.02 Å². The van der Waals surface area contributed by atoms with E-state index in [0.29, 0.717) is 29.7 Å². The lowest BCUT2D eigenvalue weighted by Crippen LogP contribution is -2.38. The zero-order valence-electron chi connectivity index (χ0n) is 13.2. The highest BCUT2D eigenvalue weighted by Gasteiger charge is 2.28. The van der Waals surface area contributed by atoms with Crippen molar-refractivity contribution in [3.05, 3.63) is 41.2 Å². The summed E-state index contributed by atoms with van der Waals surface area (Å²) in [6, 6.07) is 0. The van der Waals surface area contributed by atoms with E-state index in [9.17, 15) is 4.79 Å². The first-order valence-corrected chi connectivity index (χ1v) is 8.35. The Morgan fingerprint density at radius 1 is 1.35 bits per heavy atom. The van der Waals surface area contributed by atoms with Crippen LogP contribution in [0.1, 0.15) is 48.3 Å². The van der Waals surface area contributed by atoms with Crippen molar-refractivity contribution in [2.24, 2.45) is 0 Å². The number of aryl methyl sites for hydroxylation is 1. The smallest absolute Gasteiger partial charge is 0.275 e. The van der Waals surface area contributed by atoms with Gasteiger partial charge in [0.15, 0.2) is 5.69 Å². The van der Waals surface area contributed by atoms with Crippen LogP contribution in [0.25, 0.3) is 0 Å². The summed E-state index contributed by atoms with van der Waals surface area (Å²) in [6.07, 6.45) is 9.66. The van der Waals surface area contributed by atoms with Gasteiger partial charge in [0.25, 0.3) is 5.91 Å². The molecule has 122 valence electrons. The van der Waals surface area contributed by atoms with Gasteiger partial charge >= 0.3 is 0 Å². The maximum absolute atomic E-state index is 12.6. The van der Waals surface area contributed by atoms with E-state index >= 15 is 0 Å². The van der Waals surface area contributed by atoms with Gasteiger partial charge in [-0.25, -0.2) is 0 Å². The molecule has 3 heterocycles. The number of amides is 1. The van der Waals surface area contributed by atoms with Gasteiger partial charge in [0.1, 0.15) is 0 Å². The van der Waals surface area contributed by atoms with Crippen molar-refractivity contribution >= 4 is 17.5 Å². The molecule has 2 aromatic heterocycles. The van der Waals surface area contributed by atoms with Crippen LogP contribution < -0.4 is 0 Å². The van der Waals surface area contributed by atoms with Gasteiger partial charge in [0, 0.05) is 50.3 Å². The zero-order valence-corrected chi connectivity index (χ0v) is 13.9. The van der Waals surface area contributed by atoms with Gasteiger partial charge < -0.3 is 4.90 Å². The molecule has 23 heavy (non-hydrogen) atoms. The molecule has 0 aliphatic carbocycles. The fraction of sp³-hybridized carbons (Fsp3) is 0.500. The first-order valence-electron chi connectivity index (χ1n) is 7.97. The second-order valence-electron chi connectivity index (χ2n) is 5.79. The molecule has 0 saturated carbocycles. The van der Waals surface area contributed by atoms with E-state index < -0.39 is 0 Å². The third kappa shape index (κ3) is 3.52. The molecule has 1 fully saturated rings. The van der Waals surface area contributed by atoms with Gasteiger partial charge in [-0.1, -0.05) is 18.5 Å². The Labute approximate surface area is 140 Å². The van der Waals surface area contributed by atoms with Crippen LogP contribution in [-0.4, -0.2) is 43.6 Å². The van der Waals surface area contributed by atoms with E-state index in [4.69, 9.17) is 11.6 Å². The van der Waals surface area contributed by atoms with E-state index in [0.717, 1.165) is 31.5 Å². The van der Waals surface area contributed by atoms with Crippen LogP contribution in [-0.2, 0) is 6.54 Å². The van der Waals surface area contributed by atoms with Gasteiger partial charge in [-0.2, -0.15) is 5.10 Å². The predicted octanol–water partition coefficient (Wildman–Crippen LogP) is 2.76. The van der Waals surface area contributed by atoms with E-state index in [2.05, 4.69) is 22.0 Å². The molecule has 6 nitrogen and oxygen atoms in total. The molecule has 0 radical (unpaired) electrons. The Balaban J connectivity index is 1.64. The summed E-state index contributed by atoms with van der Waals surface area (Å²) in [6.45, 7) is 4.21. The van der Waals surface area contributed by atoms with Gasteiger partial charge in [-0.15, -0.1) is 0 Å². The number of hydrogen-bond donors (Lipinski definition) is 0. The molecule has 0 bridgehead atoms. The monoisotopic (exact) mass is 333 g/mol. The lowest BCUT2D eigenvalue weighted by Gasteiger charge is -2.31. The van der Waals surface area contributed by atoms with Gasteiger partial charge in [0.05, 0.1) is 10.7 Å². The predicted molar refractivity (Wildman–Crippen MR) is 87.4 cm³/mol. The number of hydrogen-bond acceptors (Lipinski definition) is 4. The fourth-order valence-corrected chi connectivity index (χ4v) is 3.17. The fourth-order valence-electron chi connectivity index (χ4n) is 2.94. The van der Waals surface area contributed by atoms with Crippen LogP contribution in [0.3, 0.4) is 0 Å². The first kappa shape index (κ1) is 15.9. The number of rotatable bonds is 4. The molecule has 2 aromatic rings. The Morgan fingerprint density at radius 3 is 2.78 bits per heavy atom. The minimum Gasteiger partial charge on any atom is -0.337 e.